The highest BCUT2D eigenvalue weighted by atomic mass is 79.9. The molecule has 0 saturated heterocycles. The minimum absolute atomic E-state index is 0.0515. The number of halogens is 2. The van der Waals surface area contributed by atoms with Crippen molar-refractivity contribution in [3.8, 4) is 17.1 Å². The highest BCUT2D eigenvalue weighted by Gasteiger charge is 2.16. The maximum absolute atomic E-state index is 13.2. The second-order valence-electron chi connectivity index (χ2n) is 3.66. The Labute approximate surface area is 115 Å². The summed E-state index contributed by atoms with van der Waals surface area (Å²) in [7, 11) is 0. The normalized spacial score (nSPS) is 10.4. The van der Waals surface area contributed by atoms with Crippen LogP contribution in [0, 0.1) is 5.82 Å². The molecule has 1 heterocycles. The summed E-state index contributed by atoms with van der Waals surface area (Å²) in [6.07, 6.45) is 0. The summed E-state index contributed by atoms with van der Waals surface area (Å²) in [6, 6.07) is 3.35. The molecule has 6 nitrogen and oxygen atoms in total. The summed E-state index contributed by atoms with van der Waals surface area (Å²) in [4.78, 5) is 19.0. The number of nitrogens with two attached hydrogens (primary N) is 2. The first-order valence-corrected chi connectivity index (χ1v) is 5.80. The van der Waals surface area contributed by atoms with E-state index in [4.69, 9.17) is 11.5 Å². The minimum atomic E-state index is -0.780. The second-order valence-corrected chi connectivity index (χ2v) is 4.41. The zero-order chi connectivity index (χ0) is 14.2. The van der Waals surface area contributed by atoms with Gasteiger partial charge < -0.3 is 16.6 Å². The van der Waals surface area contributed by atoms with E-state index in [-0.39, 0.29) is 33.1 Å². The molecule has 8 heteroatoms. The van der Waals surface area contributed by atoms with Gasteiger partial charge in [-0.2, -0.15) is 0 Å². The molecule has 0 aliphatic rings. The molecule has 19 heavy (non-hydrogen) atoms. The zero-order valence-corrected chi connectivity index (χ0v) is 11.0. The molecule has 1 amide bonds. The summed E-state index contributed by atoms with van der Waals surface area (Å²) in [6.45, 7) is 0. The largest absolute Gasteiger partial charge is 0.508 e. The van der Waals surface area contributed by atoms with E-state index < -0.39 is 11.7 Å². The summed E-state index contributed by atoms with van der Waals surface area (Å²) in [5, 5.41) is 9.32. The van der Waals surface area contributed by atoms with Crippen molar-refractivity contribution in [1.29, 1.82) is 0 Å². The molecule has 0 unspecified atom stereocenters. The zero-order valence-electron chi connectivity index (χ0n) is 9.39. The number of primary amides is 1. The smallest absolute Gasteiger partial charge is 0.255 e. The van der Waals surface area contributed by atoms with E-state index in [1.165, 1.54) is 6.07 Å². The number of aromatic hydroxyl groups is 1. The fourth-order valence-electron chi connectivity index (χ4n) is 1.51. The maximum Gasteiger partial charge on any atom is 0.255 e. The Balaban J connectivity index is 2.61. The molecule has 1 aromatic carbocycles. The fourth-order valence-corrected chi connectivity index (χ4v) is 2.08. The van der Waals surface area contributed by atoms with E-state index in [0.29, 0.717) is 0 Å². The van der Waals surface area contributed by atoms with Crippen LogP contribution in [-0.2, 0) is 0 Å². The van der Waals surface area contributed by atoms with Crippen LogP contribution in [0.2, 0.25) is 0 Å². The van der Waals surface area contributed by atoms with Gasteiger partial charge in [0.15, 0.2) is 5.82 Å². The average Bonchev–Trinajstić information content (AvgIpc) is 2.25. The molecule has 0 atom stereocenters. The number of hydrogen-bond donors (Lipinski definition) is 3. The highest BCUT2D eigenvalue weighted by Crippen LogP contribution is 2.26. The number of carbonyl (C=O) groups is 1. The molecular formula is C11H8BrFN4O2. The number of anilines is 1. The Hall–Kier alpha value is -2.22. The lowest BCUT2D eigenvalue weighted by atomic mass is 10.2. The van der Waals surface area contributed by atoms with Gasteiger partial charge in [0, 0.05) is 11.6 Å². The second kappa shape index (κ2) is 4.81. The summed E-state index contributed by atoms with van der Waals surface area (Å²) in [5.74, 6) is -1.77. The fraction of sp³-hybridized carbons (Fsp3) is 0. The quantitative estimate of drug-likeness (QED) is 0.722. The van der Waals surface area contributed by atoms with Gasteiger partial charge in [0.05, 0.1) is 0 Å². The Morgan fingerprint density at radius 3 is 2.53 bits per heavy atom. The van der Waals surface area contributed by atoms with Crippen molar-refractivity contribution in [2.45, 2.75) is 0 Å². The van der Waals surface area contributed by atoms with Crippen molar-refractivity contribution >= 4 is 27.7 Å². The van der Waals surface area contributed by atoms with Crippen molar-refractivity contribution in [3.05, 3.63) is 34.2 Å². The van der Waals surface area contributed by atoms with Crippen molar-refractivity contribution in [1.82, 2.24) is 9.97 Å². The molecule has 5 N–H and O–H groups in total. The SMILES string of the molecule is NC(=O)c1c(N)nc(-c2cc(O)cc(F)c2)nc1Br. The van der Waals surface area contributed by atoms with Gasteiger partial charge in [-0.05, 0) is 28.1 Å². The van der Waals surface area contributed by atoms with Crippen LogP contribution in [0.4, 0.5) is 10.2 Å². The van der Waals surface area contributed by atoms with Gasteiger partial charge in [-0.3, -0.25) is 4.79 Å². The monoisotopic (exact) mass is 326 g/mol. The first kappa shape index (κ1) is 13.2. The third kappa shape index (κ3) is 2.63. The number of phenolic OH excluding ortho intramolecular Hbond substituents is 1. The number of nitrogen functional groups attached to an aromatic ring is 1. The first-order chi connectivity index (χ1) is 8.88. The van der Waals surface area contributed by atoms with Crippen molar-refractivity contribution < 1.29 is 14.3 Å². The van der Waals surface area contributed by atoms with Crippen molar-refractivity contribution in [2.75, 3.05) is 5.73 Å². The lowest BCUT2D eigenvalue weighted by molar-refractivity contribution is 0.0999. The Morgan fingerprint density at radius 1 is 1.32 bits per heavy atom. The van der Waals surface area contributed by atoms with Gasteiger partial charge in [0.1, 0.15) is 27.6 Å². The van der Waals surface area contributed by atoms with Crippen LogP contribution >= 0.6 is 15.9 Å². The highest BCUT2D eigenvalue weighted by molar-refractivity contribution is 9.10. The molecule has 0 fully saturated rings. The standard InChI is InChI=1S/C11H8BrFN4O2/c12-8-7(10(15)19)9(14)17-11(16-8)4-1-5(13)3-6(18)2-4/h1-3,18H,(H2,15,19)(H2,14,16,17). The van der Waals surface area contributed by atoms with Crippen LogP contribution in [0.25, 0.3) is 11.4 Å². The molecule has 0 bridgehead atoms. The average molecular weight is 327 g/mol. The Morgan fingerprint density at radius 2 is 2.00 bits per heavy atom. The summed E-state index contributed by atoms with van der Waals surface area (Å²) >= 11 is 3.04. The predicted octanol–water partition coefficient (Wildman–Crippen LogP) is 1.43. The predicted molar refractivity (Wildman–Crippen MR) is 69.7 cm³/mol. The lowest BCUT2D eigenvalue weighted by Gasteiger charge is -2.07. The third-order valence-corrected chi connectivity index (χ3v) is 2.85. The molecular weight excluding hydrogens is 319 g/mol. The first-order valence-electron chi connectivity index (χ1n) is 5.01. The van der Waals surface area contributed by atoms with Crippen LogP contribution in [0.1, 0.15) is 10.4 Å². The van der Waals surface area contributed by atoms with E-state index in [2.05, 4.69) is 25.9 Å². The van der Waals surface area contributed by atoms with Crippen LogP contribution in [0.3, 0.4) is 0 Å². The molecule has 0 saturated carbocycles. The molecule has 0 radical (unpaired) electrons. The molecule has 0 aliphatic carbocycles. The Kier molecular flexibility index (Phi) is 3.34. The number of nitrogens with zero attached hydrogens (tertiary/aromatic N) is 2. The Bertz CT molecular complexity index is 634. The summed E-state index contributed by atoms with van der Waals surface area (Å²) in [5.41, 5.74) is 10.9. The van der Waals surface area contributed by atoms with E-state index in [9.17, 15) is 14.3 Å². The number of rotatable bonds is 2. The number of hydrogen-bond acceptors (Lipinski definition) is 5. The number of amides is 1. The third-order valence-electron chi connectivity index (χ3n) is 2.28. The van der Waals surface area contributed by atoms with Crippen LogP contribution in [-0.4, -0.2) is 21.0 Å². The topological polar surface area (TPSA) is 115 Å². The van der Waals surface area contributed by atoms with Crippen LogP contribution < -0.4 is 11.5 Å². The van der Waals surface area contributed by atoms with E-state index in [1.807, 2.05) is 0 Å². The molecule has 0 aliphatic heterocycles. The summed E-state index contributed by atoms with van der Waals surface area (Å²) < 4.78 is 13.3. The van der Waals surface area contributed by atoms with E-state index in [1.54, 1.807) is 0 Å². The van der Waals surface area contributed by atoms with Gasteiger partial charge in [-0.25, -0.2) is 14.4 Å². The van der Waals surface area contributed by atoms with Gasteiger partial charge in [-0.15, -0.1) is 0 Å². The van der Waals surface area contributed by atoms with Crippen molar-refractivity contribution in [3.63, 3.8) is 0 Å². The van der Waals surface area contributed by atoms with Gasteiger partial charge in [0.2, 0.25) is 0 Å². The number of aromatic nitrogens is 2. The maximum atomic E-state index is 13.2. The van der Waals surface area contributed by atoms with Crippen LogP contribution in [0.15, 0.2) is 22.8 Å². The minimum Gasteiger partial charge on any atom is -0.508 e. The number of phenols is 1. The van der Waals surface area contributed by atoms with E-state index in [0.717, 1.165) is 12.1 Å². The van der Waals surface area contributed by atoms with Gasteiger partial charge >= 0.3 is 0 Å². The van der Waals surface area contributed by atoms with E-state index >= 15 is 0 Å². The van der Waals surface area contributed by atoms with Crippen molar-refractivity contribution in [2.24, 2.45) is 5.73 Å². The van der Waals surface area contributed by atoms with Crippen LogP contribution in [0.5, 0.6) is 5.75 Å². The number of benzene rings is 1. The number of carbonyl (C=O) groups excluding carboxylic acids is 1. The van der Waals surface area contributed by atoms with Gasteiger partial charge in [-0.1, -0.05) is 0 Å². The molecule has 1 aromatic heterocycles. The molecule has 98 valence electrons. The van der Waals surface area contributed by atoms with Gasteiger partial charge in [0.25, 0.3) is 5.91 Å². The molecule has 2 rings (SSSR count). The molecule has 0 spiro atoms. The lowest BCUT2D eigenvalue weighted by Crippen LogP contribution is -2.16. The molecule has 2 aromatic rings.